The first-order chi connectivity index (χ1) is 54.6. The van der Waals surface area contributed by atoms with Crippen LogP contribution in [0.25, 0.3) is 0 Å². The Morgan fingerprint density at radius 2 is 0.574 bits per heavy atom. The zero-order chi connectivity index (χ0) is 83.6. The first-order valence-electron chi connectivity index (χ1n) is 37.4. The Kier molecular flexibility index (Phi) is 37.5. The minimum absolute atomic E-state index is 0.340. The number of nitrogens with zero attached hydrogens (tertiary/aromatic N) is 10. The molecule has 0 spiro atoms. The number of sulfonamides is 1. The second kappa shape index (κ2) is 46.7. The monoisotopic (exact) mass is 1670 g/mol. The minimum Gasteiger partial charge on any atom is -0.308 e. The van der Waals surface area contributed by atoms with E-state index in [9.17, 15) is 58.4 Å². The van der Waals surface area contributed by atoms with Gasteiger partial charge in [-0.05, 0) is 261 Å². The summed E-state index contributed by atoms with van der Waals surface area (Å²) in [6.45, 7) is 19.5. The predicted octanol–water partition coefficient (Wildman–Crippen LogP) is 15.5. The third-order valence-corrected chi connectivity index (χ3v) is 20.7. The summed E-state index contributed by atoms with van der Waals surface area (Å²) in [6.07, 6.45) is 18.4. The molecule has 0 saturated carbocycles. The van der Waals surface area contributed by atoms with Crippen molar-refractivity contribution in [3.8, 4) is 0 Å². The maximum Gasteiger partial charge on any atom is 0.323 e. The van der Waals surface area contributed by atoms with E-state index in [1.54, 1.807) is 61.2 Å². The van der Waals surface area contributed by atoms with Crippen LogP contribution in [0.4, 0.5) is 82.2 Å². The first kappa shape index (κ1) is 92.4. The van der Waals surface area contributed by atoms with Crippen LogP contribution in [0.3, 0.4) is 0 Å². The Morgan fingerprint density at radius 1 is 0.365 bits per heavy atom. The molecule has 0 bridgehead atoms. The van der Waals surface area contributed by atoms with Gasteiger partial charge in [0.2, 0.25) is 15.3 Å². The van der Waals surface area contributed by atoms with Crippen molar-refractivity contribution in [3.63, 3.8) is 0 Å². The summed E-state index contributed by atoms with van der Waals surface area (Å²) >= 11 is 4.64. The van der Waals surface area contributed by atoms with Crippen molar-refractivity contribution in [3.05, 3.63) is 214 Å². The van der Waals surface area contributed by atoms with Crippen LogP contribution in [0.1, 0.15) is 110 Å². The van der Waals surface area contributed by atoms with Gasteiger partial charge >= 0.3 is 24.1 Å². The molecule has 0 atom stereocenters. The van der Waals surface area contributed by atoms with Gasteiger partial charge in [-0.15, -0.1) is 0 Å². The van der Waals surface area contributed by atoms with Crippen LogP contribution in [0.5, 0.6) is 0 Å². The molecule has 12 rings (SSSR count). The highest BCUT2D eigenvalue weighted by Crippen LogP contribution is 2.25. The Hall–Kier alpha value is -9.81. The van der Waals surface area contributed by atoms with Gasteiger partial charge in [0.1, 0.15) is 23.3 Å². The van der Waals surface area contributed by atoms with Crippen molar-refractivity contribution < 1.29 is 58.4 Å². The molecule has 4 aromatic carbocycles. The van der Waals surface area contributed by atoms with E-state index in [1.165, 1.54) is 138 Å². The van der Waals surface area contributed by atoms with E-state index in [0.717, 1.165) is 83.0 Å². The molecule has 8 heterocycles. The maximum atomic E-state index is 14.0. The number of anilines is 8. The van der Waals surface area contributed by atoms with Crippen LogP contribution >= 0.6 is 22.3 Å². The predicted molar refractivity (Wildman–Crippen MR) is 446 cm³/mol. The number of rotatable bonds is 18. The summed E-state index contributed by atoms with van der Waals surface area (Å²) in [5, 5.41) is 21.1. The van der Waals surface area contributed by atoms with Crippen LogP contribution in [0.2, 0.25) is 0 Å². The Bertz CT molecular complexity index is 4400. The Balaban J connectivity index is 0.000000203. The fourth-order valence-corrected chi connectivity index (χ4v) is 13.0. The molecule has 27 nitrogen and oxygen atoms in total. The van der Waals surface area contributed by atoms with Gasteiger partial charge in [0.15, 0.2) is 0 Å². The number of piperazine rings is 1. The average molecular weight is 1670 g/mol. The largest absolute Gasteiger partial charge is 0.323 e. The molecule has 8 amide bonds. The smallest absolute Gasteiger partial charge is 0.308 e. The maximum absolute atomic E-state index is 14.0. The number of aryl methyl sites for hydroxylation is 4. The number of carbonyl (C=O) groups excluding carboxylic acids is 5. The summed E-state index contributed by atoms with van der Waals surface area (Å²) < 4.78 is 101. The lowest BCUT2D eigenvalue weighted by atomic mass is 10.1. The quantitative estimate of drug-likeness (QED) is 0.0292. The van der Waals surface area contributed by atoms with Gasteiger partial charge in [0, 0.05) is 130 Å². The number of likely N-dealkylation sites (tertiary alicyclic amines) is 3. The van der Waals surface area contributed by atoms with Crippen LogP contribution in [0.15, 0.2) is 146 Å². The van der Waals surface area contributed by atoms with Gasteiger partial charge in [-0.25, -0.2) is 45.2 Å². The number of nitrogens with one attached hydrogen (secondary N) is 8. The molecule has 8 aromatic rings. The molecule has 4 aliphatic heterocycles. The highest BCUT2D eigenvalue weighted by molar-refractivity contribution is 8.11. The van der Waals surface area contributed by atoms with E-state index >= 15 is 0 Å². The van der Waals surface area contributed by atoms with Gasteiger partial charge < -0.3 is 42.5 Å². The zero-order valence-electron chi connectivity index (χ0n) is 65.9. The van der Waals surface area contributed by atoms with E-state index in [1.807, 2.05) is 64.1 Å². The van der Waals surface area contributed by atoms with Crippen molar-refractivity contribution in [1.82, 2.24) is 48.1 Å². The van der Waals surface area contributed by atoms with E-state index in [0.29, 0.717) is 103 Å². The molecule has 8 N–H and O–H groups in total. The summed E-state index contributed by atoms with van der Waals surface area (Å²) in [6, 6.07) is 30.9. The number of aromatic nitrogens is 4. The van der Waals surface area contributed by atoms with Gasteiger partial charge in [0.25, 0.3) is 9.24 Å². The molecule has 4 aliphatic rings. The Morgan fingerprint density at radius 3 is 0.765 bits per heavy atom. The van der Waals surface area contributed by atoms with Crippen LogP contribution < -0.4 is 42.5 Å². The third-order valence-electron chi connectivity index (χ3n) is 17.7. The van der Waals surface area contributed by atoms with E-state index in [2.05, 4.69) is 93.7 Å². The average Bonchev–Trinajstić information content (AvgIpc) is 0.837. The van der Waals surface area contributed by atoms with Gasteiger partial charge in [0.05, 0.1) is 53.8 Å². The van der Waals surface area contributed by atoms with Gasteiger partial charge in [-0.2, -0.15) is 17.0 Å². The Labute approximate surface area is 680 Å². The first-order valence-corrected chi connectivity index (χ1v) is 41.9. The molecule has 0 aliphatic carbocycles. The lowest BCUT2D eigenvalue weighted by Gasteiger charge is -2.33. The van der Waals surface area contributed by atoms with E-state index in [4.69, 9.17) is 10.7 Å². The number of hydrogen-bond acceptors (Lipinski definition) is 17. The second-order valence-electron chi connectivity index (χ2n) is 28.1. The molecule has 620 valence electrons. The van der Waals surface area contributed by atoms with E-state index < -0.39 is 49.2 Å². The van der Waals surface area contributed by atoms with Gasteiger partial charge in [-0.3, -0.25) is 44.3 Å². The lowest BCUT2D eigenvalue weighted by molar-refractivity contribution is -0.109. The van der Waals surface area contributed by atoms with Crippen LogP contribution in [0, 0.1) is 51.0 Å². The topological polar surface area (TPSA) is 321 Å². The molecular weight excluding hydrogens is 1570 g/mol. The van der Waals surface area contributed by atoms with Crippen LogP contribution in [-0.4, -0.2) is 180 Å². The standard InChI is InChI=1S/C19H24FN5O3S.3C19H23FN4O.C2H6ClNO2S.C2H3ClO/c1-14-3-4-17(12-21-14)22-19(26)23-18-10-15(9-16(20)11-18)13-24-5-7-25(8-6-24)29(2,27)28;3*1-14-5-6-17(12-21-14)22-19(25)23-18-10-15(9-16(20)11-18)13-24-7-3-2-4-8-24;1-4(2)7(3,5)6;1-2(3)4/h3-4,9-12H,5-8,13H2,1-2H3,(H2,22,23,26);3*5-6,9-12H,2-4,7-8,13H2,1H3,(H2,22,23,25);1-2H3;1H3. The fourth-order valence-electron chi connectivity index (χ4n) is 12.2. The van der Waals surface area contributed by atoms with Crippen molar-refractivity contribution in [2.24, 2.45) is 0 Å². The zero-order valence-corrected chi connectivity index (χ0v) is 69.0. The van der Waals surface area contributed by atoms with Crippen molar-refractivity contribution in [2.45, 2.75) is 119 Å². The number of piperidine rings is 3. The van der Waals surface area contributed by atoms with Crippen molar-refractivity contribution in [2.75, 3.05) is 128 Å². The molecule has 35 heteroatoms. The second-order valence-corrected chi connectivity index (χ2v) is 33.3. The number of benzene rings is 4. The normalized spacial score (nSPS) is 14.7. The number of halogens is 6. The third kappa shape index (κ3) is 36.7. The highest BCUT2D eigenvalue weighted by atomic mass is 35.7. The minimum atomic E-state index is -3.44. The summed E-state index contributed by atoms with van der Waals surface area (Å²) in [7, 11) is 0.868. The number of carbonyl (C=O) groups is 5. The molecule has 4 fully saturated rings. The lowest BCUT2D eigenvalue weighted by Crippen LogP contribution is -2.47. The molecule has 4 aromatic heterocycles. The fraction of sp³-hybridized carbons (Fsp3) is 0.388. The van der Waals surface area contributed by atoms with Gasteiger partial charge in [-0.1, -0.05) is 19.3 Å². The van der Waals surface area contributed by atoms with E-state index in [-0.39, 0.29) is 22.7 Å². The number of pyridine rings is 4. The molecular formula is C80H102Cl2F4N18O9S2. The summed E-state index contributed by atoms with van der Waals surface area (Å²) in [4.78, 5) is 83.2. The number of amides is 8. The highest BCUT2D eigenvalue weighted by Gasteiger charge is 2.24. The number of urea groups is 4. The summed E-state index contributed by atoms with van der Waals surface area (Å²) in [5.41, 5.74) is 10.8. The molecule has 4 saturated heterocycles. The SMILES string of the molecule is CC(=O)Cl.CN(C)S(=O)(=O)Cl.Cc1ccc(NC(=O)Nc2cc(F)cc(CN3CCCCC3)c2)cn1.Cc1ccc(NC(=O)Nc2cc(F)cc(CN3CCCCC3)c2)cn1.Cc1ccc(NC(=O)Nc2cc(F)cc(CN3CCCCC3)c2)cn1.Cc1ccc(NC(=O)Nc2cc(F)cc(CN3CCN(S(C)(=O)=O)CC3)c2)cn1. The molecule has 0 radical (unpaired) electrons. The summed E-state index contributed by atoms with van der Waals surface area (Å²) in [5.74, 6) is -1.49. The van der Waals surface area contributed by atoms with Crippen LogP contribution in [-0.2, 0) is 50.2 Å². The van der Waals surface area contributed by atoms with Crippen molar-refractivity contribution in [1.29, 1.82) is 0 Å². The van der Waals surface area contributed by atoms with Crippen molar-refractivity contribution >= 4 is 116 Å². The molecule has 115 heavy (non-hydrogen) atoms. The number of hydrogen-bond donors (Lipinski definition) is 8. The molecule has 0 unspecified atom stereocenters.